The van der Waals surface area contributed by atoms with Crippen LogP contribution in [-0.4, -0.2) is 42.2 Å². The van der Waals surface area contributed by atoms with Gasteiger partial charge in [0.1, 0.15) is 18.8 Å². The van der Waals surface area contributed by atoms with Gasteiger partial charge in [0.15, 0.2) is 0 Å². The summed E-state index contributed by atoms with van der Waals surface area (Å²) in [6.45, 7) is 3.95. The molecule has 0 aliphatic rings. The molecule has 0 aliphatic carbocycles. The smallest absolute Gasteiger partial charge is 0.249 e. The van der Waals surface area contributed by atoms with E-state index in [4.69, 9.17) is 5.73 Å². The molecule has 4 nitrogen and oxygen atoms in total. The fraction of sp³-hybridized carbons (Fsp3) is 0.667. The molecule has 0 aliphatic heterocycles. The third-order valence-corrected chi connectivity index (χ3v) is 1.67. The van der Waals surface area contributed by atoms with Crippen LogP contribution in [0.3, 0.4) is 0 Å². The van der Waals surface area contributed by atoms with Gasteiger partial charge in [-0.15, -0.1) is 0 Å². The van der Waals surface area contributed by atoms with E-state index in [1.54, 1.807) is 20.0 Å². The summed E-state index contributed by atoms with van der Waals surface area (Å²) >= 11 is 0. The molecule has 0 spiro atoms. The second-order valence-electron chi connectivity index (χ2n) is 3.99. The lowest BCUT2D eigenvalue weighted by molar-refractivity contribution is -0.842. The Hall–Kier alpha value is -0.870. The van der Waals surface area contributed by atoms with Crippen molar-refractivity contribution >= 4 is 5.91 Å². The van der Waals surface area contributed by atoms with Crippen LogP contribution in [0.4, 0.5) is 0 Å². The number of quaternary nitrogens is 1. The van der Waals surface area contributed by atoms with Gasteiger partial charge in [-0.05, 0) is 13.8 Å². The standard InChI is InChI=1S/C9H18N2O2/c1-7(9(10)13)5-11(3,4)6-8(2)12/h5,8,12H,6H2,1-4H3,(H-,10,13)/p+1. The van der Waals surface area contributed by atoms with E-state index in [0.29, 0.717) is 16.6 Å². The first-order chi connectivity index (χ1) is 5.74. The van der Waals surface area contributed by atoms with Crippen LogP contribution in [0.15, 0.2) is 11.8 Å². The normalized spacial score (nSPS) is 15.6. The molecule has 0 aromatic rings. The lowest BCUT2D eigenvalue weighted by Gasteiger charge is -2.26. The van der Waals surface area contributed by atoms with E-state index in [9.17, 15) is 9.90 Å². The molecule has 0 aromatic carbocycles. The Morgan fingerprint density at radius 1 is 1.62 bits per heavy atom. The molecular weight excluding hydrogens is 168 g/mol. The molecule has 0 saturated carbocycles. The number of amides is 1. The first-order valence-electron chi connectivity index (χ1n) is 4.24. The van der Waals surface area contributed by atoms with Crippen molar-refractivity contribution in [1.29, 1.82) is 0 Å². The Morgan fingerprint density at radius 2 is 2.08 bits per heavy atom. The van der Waals surface area contributed by atoms with E-state index >= 15 is 0 Å². The highest BCUT2D eigenvalue weighted by molar-refractivity contribution is 5.90. The Labute approximate surface area is 79.2 Å². The Morgan fingerprint density at radius 3 is 2.38 bits per heavy atom. The number of rotatable bonds is 4. The molecular formula is C9H19N2O2+. The van der Waals surface area contributed by atoms with Gasteiger partial charge in [-0.2, -0.15) is 0 Å². The summed E-state index contributed by atoms with van der Waals surface area (Å²) < 4.78 is 0.451. The fourth-order valence-corrected chi connectivity index (χ4v) is 1.32. The molecule has 0 heterocycles. The number of carbonyl (C=O) groups excluding carboxylic acids is 1. The van der Waals surface area contributed by atoms with Crippen LogP contribution in [0.2, 0.25) is 0 Å². The van der Waals surface area contributed by atoms with Gasteiger partial charge in [-0.25, -0.2) is 0 Å². The van der Waals surface area contributed by atoms with Crippen LogP contribution in [0, 0.1) is 0 Å². The highest BCUT2D eigenvalue weighted by Crippen LogP contribution is 2.04. The summed E-state index contributed by atoms with van der Waals surface area (Å²) in [5, 5.41) is 9.18. The van der Waals surface area contributed by atoms with Crippen molar-refractivity contribution < 1.29 is 14.4 Å². The molecule has 0 rings (SSSR count). The number of carbonyl (C=O) groups is 1. The third kappa shape index (κ3) is 5.38. The number of aliphatic hydroxyl groups is 1. The highest BCUT2D eigenvalue weighted by atomic mass is 16.3. The largest absolute Gasteiger partial charge is 0.388 e. The predicted molar refractivity (Wildman–Crippen MR) is 51.6 cm³/mol. The van der Waals surface area contributed by atoms with E-state index in [2.05, 4.69) is 0 Å². The van der Waals surface area contributed by atoms with Crippen molar-refractivity contribution in [3.63, 3.8) is 0 Å². The minimum absolute atomic E-state index is 0.396. The van der Waals surface area contributed by atoms with Crippen LogP contribution in [0.25, 0.3) is 0 Å². The summed E-state index contributed by atoms with van der Waals surface area (Å²) in [6.07, 6.45) is 1.35. The number of hydrogen-bond donors (Lipinski definition) is 2. The minimum Gasteiger partial charge on any atom is -0.388 e. The van der Waals surface area contributed by atoms with E-state index < -0.39 is 12.0 Å². The third-order valence-electron chi connectivity index (χ3n) is 1.67. The van der Waals surface area contributed by atoms with Gasteiger partial charge in [-0.3, -0.25) is 9.28 Å². The van der Waals surface area contributed by atoms with Gasteiger partial charge in [0, 0.05) is 0 Å². The van der Waals surface area contributed by atoms with Gasteiger partial charge in [0.25, 0.3) is 0 Å². The number of primary amides is 1. The maximum atomic E-state index is 10.7. The van der Waals surface area contributed by atoms with Gasteiger partial charge >= 0.3 is 0 Å². The quantitative estimate of drug-likeness (QED) is 0.474. The SMILES string of the molecule is CC(=C[N+](C)(C)CC(C)O)C(N)=O. The molecule has 0 fully saturated rings. The number of nitrogens with zero attached hydrogens (tertiary/aromatic N) is 1. The Kier molecular flexibility index (Phi) is 4.10. The highest BCUT2D eigenvalue weighted by Gasteiger charge is 2.16. The zero-order valence-electron chi connectivity index (χ0n) is 8.74. The van der Waals surface area contributed by atoms with Crippen molar-refractivity contribution in [2.75, 3.05) is 20.6 Å². The molecule has 4 heteroatoms. The summed E-state index contributed by atoms with van der Waals surface area (Å²) in [7, 11) is 3.80. The van der Waals surface area contributed by atoms with Crippen LogP contribution in [0.5, 0.6) is 0 Å². The zero-order chi connectivity index (χ0) is 10.6. The Balaban J connectivity index is 4.47. The molecule has 0 saturated heterocycles. The number of nitrogens with two attached hydrogens (primary N) is 1. The number of likely N-dealkylation sites (N-methyl/N-ethyl adjacent to an activating group) is 1. The van der Waals surface area contributed by atoms with Crippen LogP contribution >= 0.6 is 0 Å². The lowest BCUT2D eigenvalue weighted by Crippen LogP contribution is -2.40. The van der Waals surface area contributed by atoms with Gasteiger partial charge < -0.3 is 10.8 Å². The molecule has 13 heavy (non-hydrogen) atoms. The van der Waals surface area contributed by atoms with Gasteiger partial charge in [0.05, 0.1) is 19.7 Å². The van der Waals surface area contributed by atoms with E-state index in [1.807, 2.05) is 14.1 Å². The molecule has 76 valence electrons. The second-order valence-corrected chi connectivity index (χ2v) is 3.99. The second kappa shape index (κ2) is 4.39. The average Bonchev–Trinajstić information content (AvgIpc) is 1.81. The van der Waals surface area contributed by atoms with E-state index in [1.165, 1.54) is 0 Å². The van der Waals surface area contributed by atoms with Crippen molar-refractivity contribution in [1.82, 2.24) is 0 Å². The van der Waals surface area contributed by atoms with E-state index in [-0.39, 0.29) is 0 Å². The minimum atomic E-state index is -0.420. The number of aliphatic hydroxyl groups excluding tert-OH is 1. The number of hydrogen-bond acceptors (Lipinski definition) is 2. The molecule has 1 amide bonds. The summed E-state index contributed by atoms with van der Waals surface area (Å²) in [6, 6.07) is 0. The van der Waals surface area contributed by atoms with Crippen molar-refractivity contribution in [3.05, 3.63) is 11.8 Å². The Bertz CT molecular complexity index is 220. The first-order valence-corrected chi connectivity index (χ1v) is 4.24. The van der Waals surface area contributed by atoms with Crippen LogP contribution in [-0.2, 0) is 4.79 Å². The zero-order valence-corrected chi connectivity index (χ0v) is 8.74. The van der Waals surface area contributed by atoms with Crippen LogP contribution < -0.4 is 5.73 Å². The van der Waals surface area contributed by atoms with Gasteiger partial charge in [0.2, 0.25) is 5.91 Å². The average molecular weight is 187 g/mol. The van der Waals surface area contributed by atoms with Crippen molar-refractivity contribution in [2.45, 2.75) is 20.0 Å². The summed E-state index contributed by atoms with van der Waals surface area (Å²) in [5.41, 5.74) is 5.61. The van der Waals surface area contributed by atoms with Crippen LogP contribution in [0.1, 0.15) is 13.8 Å². The maximum Gasteiger partial charge on any atom is 0.249 e. The van der Waals surface area contributed by atoms with E-state index in [0.717, 1.165) is 0 Å². The molecule has 3 N–H and O–H groups in total. The monoisotopic (exact) mass is 187 g/mol. The molecule has 0 radical (unpaired) electrons. The summed E-state index contributed by atoms with van der Waals surface area (Å²) in [5.74, 6) is -0.420. The maximum absolute atomic E-state index is 10.7. The predicted octanol–water partition coefficient (Wildman–Crippen LogP) is -0.167. The van der Waals surface area contributed by atoms with Crippen molar-refractivity contribution in [2.24, 2.45) is 5.73 Å². The van der Waals surface area contributed by atoms with Gasteiger partial charge in [-0.1, -0.05) is 0 Å². The molecule has 0 aromatic heterocycles. The fourth-order valence-electron chi connectivity index (χ4n) is 1.32. The lowest BCUT2D eigenvalue weighted by atomic mass is 10.2. The molecule has 0 bridgehead atoms. The first kappa shape index (κ1) is 12.1. The topological polar surface area (TPSA) is 63.3 Å². The van der Waals surface area contributed by atoms with Crippen molar-refractivity contribution in [3.8, 4) is 0 Å². The molecule has 1 unspecified atom stereocenters. The summed E-state index contributed by atoms with van der Waals surface area (Å²) in [4.78, 5) is 10.7. The molecule has 1 atom stereocenters.